The quantitative estimate of drug-likeness (QED) is 0.453. The average Bonchev–Trinajstić information content (AvgIpc) is 2.42. The molecule has 0 spiro atoms. The first-order valence-electron chi connectivity index (χ1n) is 5.80. The van der Waals surface area contributed by atoms with Gasteiger partial charge in [-0.25, -0.2) is 4.39 Å². The number of rotatable bonds is 4. The predicted octanol–water partition coefficient (Wildman–Crippen LogP) is 3.07. The first-order valence-corrected chi connectivity index (χ1v) is 5.80. The van der Waals surface area contributed by atoms with Gasteiger partial charge in [0, 0.05) is 5.69 Å². The number of nitrogens with one attached hydrogen (secondary N) is 2. The molecule has 2 aromatic carbocycles. The molecular weight excluding hydrogens is 263 g/mol. The van der Waals surface area contributed by atoms with Crippen LogP contribution in [0.2, 0.25) is 0 Å². The molecule has 6 nitrogen and oxygen atoms in total. The Morgan fingerprint density at radius 3 is 2.55 bits per heavy atom. The Labute approximate surface area is 114 Å². The maximum atomic E-state index is 13.2. The number of nitrogens with zero attached hydrogens (tertiary/aromatic N) is 1. The van der Waals surface area contributed by atoms with E-state index in [1.807, 2.05) is 0 Å². The Kier molecular flexibility index (Phi) is 3.81. The highest BCUT2D eigenvalue weighted by Gasteiger charge is 2.19. The molecule has 4 N–H and O–H groups in total. The molecule has 0 atom stereocenters. The maximum absolute atomic E-state index is 13.2. The monoisotopic (exact) mass is 276 g/mol. The highest BCUT2D eigenvalue weighted by molar-refractivity contribution is 5.79. The van der Waals surface area contributed by atoms with E-state index >= 15 is 0 Å². The zero-order valence-corrected chi connectivity index (χ0v) is 10.7. The van der Waals surface area contributed by atoms with Crippen LogP contribution in [0.5, 0.6) is 0 Å². The molecule has 0 amide bonds. The number of anilines is 3. The number of hydrogen-bond acceptors (Lipinski definition) is 5. The van der Waals surface area contributed by atoms with Gasteiger partial charge in [-0.15, -0.1) is 0 Å². The lowest BCUT2D eigenvalue weighted by Crippen LogP contribution is -2.10. The van der Waals surface area contributed by atoms with Crippen molar-refractivity contribution >= 4 is 22.7 Å². The molecule has 0 radical (unpaired) electrons. The molecule has 0 bridgehead atoms. The van der Waals surface area contributed by atoms with Gasteiger partial charge < -0.3 is 10.7 Å². The van der Waals surface area contributed by atoms with Crippen LogP contribution in [0, 0.1) is 22.9 Å². The van der Waals surface area contributed by atoms with E-state index in [2.05, 4.69) is 10.7 Å². The minimum atomic E-state index is -0.534. The number of nitro groups is 1. The Morgan fingerprint density at radius 2 is 1.95 bits per heavy atom. The van der Waals surface area contributed by atoms with E-state index in [1.165, 1.54) is 18.2 Å². The van der Waals surface area contributed by atoms with Crippen LogP contribution in [-0.2, 0) is 0 Å². The third kappa shape index (κ3) is 2.67. The summed E-state index contributed by atoms with van der Waals surface area (Å²) in [5.74, 6) is 4.93. The minimum absolute atomic E-state index is 0.169. The molecule has 7 heteroatoms. The van der Waals surface area contributed by atoms with Crippen molar-refractivity contribution < 1.29 is 9.31 Å². The Bertz CT molecular complexity index is 661. The molecule has 0 saturated carbocycles. The van der Waals surface area contributed by atoms with Gasteiger partial charge in [0.1, 0.15) is 17.2 Å². The zero-order valence-electron chi connectivity index (χ0n) is 10.7. The van der Waals surface area contributed by atoms with E-state index in [0.717, 1.165) is 0 Å². The predicted molar refractivity (Wildman–Crippen MR) is 75.3 cm³/mol. The van der Waals surface area contributed by atoms with Crippen LogP contribution in [-0.4, -0.2) is 4.92 Å². The maximum Gasteiger partial charge on any atom is 0.316 e. The van der Waals surface area contributed by atoms with Crippen molar-refractivity contribution in [1.29, 1.82) is 0 Å². The van der Waals surface area contributed by atoms with Crippen molar-refractivity contribution in [1.82, 2.24) is 0 Å². The number of halogens is 1. The molecule has 20 heavy (non-hydrogen) atoms. The molecule has 0 aliphatic rings. The summed E-state index contributed by atoms with van der Waals surface area (Å²) in [5.41, 5.74) is 3.59. The Balaban J connectivity index is 2.42. The third-order valence-corrected chi connectivity index (χ3v) is 2.81. The lowest BCUT2D eigenvalue weighted by molar-refractivity contribution is -0.383. The first-order chi connectivity index (χ1) is 9.52. The van der Waals surface area contributed by atoms with Gasteiger partial charge in [0.15, 0.2) is 0 Å². The van der Waals surface area contributed by atoms with Gasteiger partial charge >= 0.3 is 5.69 Å². The van der Waals surface area contributed by atoms with Crippen LogP contribution < -0.4 is 16.6 Å². The van der Waals surface area contributed by atoms with E-state index in [1.54, 1.807) is 25.1 Å². The standard InChI is InChI=1S/C13H13FN4O2/c1-8-7-9(5-6-10(8)14)16-11-3-2-4-12(17-15)13(11)18(19)20/h2-7,16-17H,15H2,1H3. The largest absolute Gasteiger partial charge is 0.350 e. The second-order valence-electron chi connectivity index (χ2n) is 4.19. The summed E-state index contributed by atoms with van der Waals surface area (Å²) >= 11 is 0. The van der Waals surface area contributed by atoms with Gasteiger partial charge in [-0.3, -0.25) is 16.0 Å². The average molecular weight is 276 g/mol. The number of nitrogen functional groups attached to an aromatic ring is 1. The number of aryl methyl sites for hydroxylation is 1. The summed E-state index contributed by atoms with van der Waals surface area (Å²) in [4.78, 5) is 10.6. The molecule has 2 rings (SSSR count). The van der Waals surface area contributed by atoms with E-state index in [4.69, 9.17) is 5.84 Å². The molecule has 104 valence electrons. The summed E-state index contributed by atoms with van der Waals surface area (Å²) in [6, 6.07) is 9.06. The van der Waals surface area contributed by atoms with E-state index in [-0.39, 0.29) is 22.9 Å². The fourth-order valence-corrected chi connectivity index (χ4v) is 1.84. The van der Waals surface area contributed by atoms with Crippen molar-refractivity contribution in [3.05, 3.63) is 57.9 Å². The zero-order chi connectivity index (χ0) is 14.7. The van der Waals surface area contributed by atoms with Crippen LogP contribution in [0.15, 0.2) is 36.4 Å². The highest BCUT2D eigenvalue weighted by atomic mass is 19.1. The summed E-state index contributed by atoms with van der Waals surface area (Å²) in [7, 11) is 0. The molecular formula is C13H13FN4O2. The molecule has 0 heterocycles. The summed E-state index contributed by atoms with van der Waals surface area (Å²) in [6.07, 6.45) is 0. The number of hydrazine groups is 1. The molecule has 2 aromatic rings. The fraction of sp³-hybridized carbons (Fsp3) is 0.0769. The van der Waals surface area contributed by atoms with Gasteiger partial charge in [-0.05, 0) is 42.8 Å². The molecule has 0 saturated heterocycles. The minimum Gasteiger partial charge on any atom is -0.350 e. The number of para-hydroxylation sites is 1. The second kappa shape index (κ2) is 5.54. The highest BCUT2D eigenvalue weighted by Crippen LogP contribution is 2.34. The van der Waals surface area contributed by atoms with Crippen molar-refractivity contribution in [3.8, 4) is 0 Å². The second-order valence-corrected chi connectivity index (χ2v) is 4.19. The van der Waals surface area contributed by atoms with Crippen LogP contribution in [0.3, 0.4) is 0 Å². The molecule has 0 unspecified atom stereocenters. The van der Waals surface area contributed by atoms with Crippen molar-refractivity contribution in [2.45, 2.75) is 6.92 Å². The summed E-state index contributed by atoms with van der Waals surface area (Å²) in [6.45, 7) is 1.62. The van der Waals surface area contributed by atoms with Gasteiger partial charge in [-0.2, -0.15) is 0 Å². The van der Waals surface area contributed by atoms with Crippen molar-refractivity contribution in [2.24, 2.45) is 5.84 Å². The molecule has 0 aliphatic heterocycles. The topological polar surface area (TPSA) is 93.2 Å². The van der Waals surface area contributed by atoms with Crippen molar-refractivity contribution in [3.63, 3.8) is 0 Å². The van der Waals surface area contributed by atoms with Gasteiger partial charge in [-0.1, -0.05) is 6.07 Å². The van der Waals surface area contributed by atoms with Crippen LogP contribution in [0.1, 0.15) is 5.56 Å². The van der Waals surface area contributed by atoms with E-state index < -0.39 is 4.92 Å². The Morgan fingerprint density at radius 1 is 1.25 bits per heavy atom. The third-order valence-electron chi connectivity index (χ3n) is 2.81. The fourth-order valence-electron chi connectivity index (χ4n) is 1.84. The number of nitrogens with two attached hydrogens (primary N) is 1. The van der Waals surface area contributed by atoms with Gasteiger partial charge in [0.05, 0.1) is 4.92 Å². The normalized spacial score (nSPS) is 10.2. The number of hydrogen-bond donors (Lipinski definition) is 3. The lowest BCUT2D eigenvalue weighted by Gasteiger charge is -2.10. The summed E-state index contributed by atoms with van der Waals surface area (Å²) in [5, 5.41) is 14.0. The van der Waals surface area contributed by atoms with Crippen molar-refractivity contribution in [2.75, 3.05) is 10.7 Å². The van der Waals surface area contributed by atoms with Crippen LogP contribution >= 0.6 is 0 Å². The van der Waals surface area contributed by atoms with Gasteiger partial charge in [0.25, 0.3) is 0 Å². The number of nitro benzene ring substituents is 1. The molecule has 0 aliphatic carbocycles. The first kappa shape index (κ1) is 13.8. The van der Waals surface area contributed by atoms with E-state index in [0.29, 0.717) is 11.3 Å². The SMILES string of the molecule is Cc1cc(Nc2cccc(NN)c2[N+](=O)[O-])ccc1F. The molecule has 0 fully saturated rings. The lowest BCUT2D eigenvalue weighted by atomic mass is 10.2. The number of benzene rings is 2. The Hall–Kier alpha value is -2.67. The smallest absolute Gasteiger partial charge is 0.316 e. The molecule has 0 aromatic heterocycles. The van der Waals surface area contributed by atoms with Crippen LogP contribution in [0.4, 0.5) is 27.1 Å². The summed E-state index contributed by atoms with van der Waals surface area (Å²) < 4.78 is 13.2. The van der Waals surface area contributed by atoms with Crippen LogP contribution in [0.25, 0.3) is 0 Å². The van der Waals surface area contributed by atoms with Gasteiger partial charge in [0.2, 0.25) is 0 Å². The van der Waals surface area contributed by atoms with E-state index in [9.17, 15) is 14.5 Å².